The van der Waals surface area contributed by atoms with Gasteiger partial charge in [0.25, 0.3) is 5.91 Å². The third kappa shape index (κ3) is 4.11. The number of carbonyl (C=O) groups excluding carboxylic acids is 2. The minimum atomic E-state index is -0.828. The molecule has 2 rings (SSSR count). The minimum absolute atomic E-state index is 0.236. The Morgan fingerprint density at radius 2 is 2.14 bits per heavy atom. The molecule has 1 saturated carbocycles. The third-order valence-corrected chi connectivity index (χ3v) is 3.12. The van der Waals surface area contributed by atoms with Gasteiger partial charge in [0, 0.05) is 6.04 Å². The molecule has 0 spiro atoms. The number of nitrogens with two attached hydrogens (primary N) is 1. The van der Waals surface area contributed by atoms with Gasteiger partial charge >= 0.3 is 5.97 Å². The van der Waals surface area contributed by atoms with Crippen LogP contribution in [0.5, 0.6) is 5.75 Å². The van der Waals surface area contributed by atoms with Gasteiger partial charge < -0.3 is 20.5 Å². The molecule has 6 heteroatoms. The van der Waals surface area contributed by atoms with Crippen molar-refractivity contribution in [3.63, 3.8) is 0 Å². The Kier molecular flexibility index (Phi) is 4.67. The van der Waals surface area contributed by atoms with Crippen molar-refractivity contribution in [3.8, 4) is 5.75 Å². The predicted molar refractivity (Wildman–Crippen MR) is 78.1 cm³/mol. The fourth-order valence-corrected chi connectivity index (χ4v) is 1.79. The van der Waals surface area contributed by atoms with Crippen LogP contribution in [0.4, 0.5) is 5.69 Å². The van der Waals surface area contributed by atoms with Gasteiger partial charge in [-0.25, -0.2) is 4.79 Å². The molecule has 0 radical (unpaired) electrons. The number of anilines is 1. The molecule has 1 aliphatic rings. The molecule has 21 heavy (non-hydrogen) atoms. The van der Waals surface area contributed by atoms with Crippen molar-refractivity contribution in [2.75, 3.05) is 12.3 Å². The van der Waals surface area contributed by atoms with Crippen LogP contribution in [0.3, 0.4) is 0 Å². The van der Waals surface area contributed by atoms with Crippen molar-refractivity contribution >= 4 is 17.6 Å². The minimum Gasteiger partial charge on any atom is -0.492 e. The van der Waals surface area contributed by atoms with Gasteiger partial charge in [-0.2, -0.15) is 0 Å². The average molecular weight is 292 g/mol. The molecule has 1 aromatic carbocycles. The van der Waals surface area contributed by atoms with E-state index in [0.29, 0.717) is 23.6 Å². The van der Waals surface area contributed by atoms with Crippen LogP contribution < -0.4 is 15.8 Å². The van der Waals surface area contributed by atoms with E-state index in [2.05, 4.69) is 5.32 Å². The van der Waals surface area contributed by atoms with Crippen LogP contribution in [0.25, 0.3) is 0 Å². The number of carbonyl (C=O) groups is 2. The highest BCUT2D eigenvalue weighted by molar-refractivity contribution is 5.93. The third-order valence-electron chi connectivity index (χ3n) is 3.12. The van der Waals surface area contributed by atoms with E-state index in [1.807, 2.05) is 6.92 Å². The number of amides is 1. The number of hydrogen-bond acceptors (Lipinski definition) is 5. The first kappa shape index (κ1) is 15.2. The summed E-state index contributed by atoms with van der Waals surface area (Å²) in [5.41, 5.74) is 6.45. The molecule has 1 fully saturated rings. The van der Waals surface area contributed by atoms with Crippen molar-refractivity contribution < 1.29 is 19.1 Å². The Labute approximate surface area is 123 Å². The highest BCUT2D eigenvalue weighted by Gasteiger charge is 2.27. The molecule has 0 aliphatic heterocycles. The van der Waals surface area contributed by atoms with E-state index < -0.39 is 12.1 Å². The quantitative estimate of drug-likeness (QED) is 0.612. The van der Waals surface area contributed by atoms with E-state index in [1.165, 1.54) is 6.07 Å². The number of nitrogens with one attached hydrogen (secondary N) is 1. The molecule has 1 unspecified atom stereocenters. The molecule has 1 aromatic rings. The highest BCUT2D eigenvalue weighted by Crippen LogP contribution is 2.23. The van der Waals surface area contributed by atoms with E-state index >= 15 is 0 Å². The Morgan fingerprint density at radius 3 is 2.71 bits per heavy atom. The van der Waals surface area contributed by atoms with E-state index in [9.17, 15) is 9.59 Å². The van der Waals surface area contributed by atoms with Crippen LogP contribution in [0.2, 0.25) is 0 Å². The standard InChI is InChI=1S/C15H20N2O4/c1-3-20-13-7-4-10(8-12(13)16)15(19)21-9(2)14(18)17-11-5-6-11/h4,7-9,11H,3,5-6,16H2,1-2H3,(H,17,18). The van der Waals surface area contributed by atoms with Crippen molar-refractivity contribution in [1.82, 2.24) is 5.32 Å². The van der Waals surface area contributed by atoms with Gasteiger partial charge in [-0.1, -0.05) is 0 Å². The summed E-state index contributed by atoms with van der Waals surface area (Å²) in [5.74, 6) is -0.332. The van der Waals surface area contributed by atoms with Gasteiger partial charge in [-0.15, -0.1) is 0 Å². The van der Waals surface area contributed by atoms with Crippen molar-refractivity contribution in [1.29, 1.82) is 0 Å². The fraction of sp³-hybridized carbons (Fsp3) is 0.467. The van der Waals surface area contributed by atoms with Gasteiger partial charge in [0.15, 0.2) is 6.10 Å². The van der Waals surface area contributed by atoms with E-state index in [4.69, 9.17) is 15.2 Å². The smallest absolute Gasteiger partial charge is 0.338 e. The largest absolute Gasteiger partial charge is 0.492 e. The zero-order valence-corrected chi connectivity index (χ0v) is 12.2. The summed E-state index contributed by atoms with van der Waals surface area (Å²) in [6.07, 6.45) is 1.15. The van der Waals surface area contributed by atoms with E-state index in [0.717, 1.165) is 12.8 Å². The lowest BCUT2D eigenvalue weighted by Gasteiger charge is -2.14. The maximum absolute atomic E-state index is 12.0. The lowest BCUT2D eigenvalue weighted by atomic mass is 10.2. The molecule has 0 saturated heterocycles. The molecular weight excluding hydrogens is 272 g/mol. The topological polar surface area (TPSA) is 90.6 Å². The maximum atomic E-state index is 12.0. The van der Waals surface area contributed by atoms with Crippen LogP contribution in [-0.2, 0) is 9.53 Å². The lowest BCUT2D eigenvalue weighted by Crippen LogP contribution is -2.37. The second kappa shape index (κ2) is 6.47. The SMILES string of the molecule is CCOc1ccc(C(=O)OC(C)C(=O)NC2CC2)cc1N. The summed E-state index contributed by atoms with van der Waals surface area (Å²) in [6.45, 7) is 3.89. The summed E-state index contributed by atoms with van der Waals surface area (Å²) in [5, 5.41) is 2.79. The Morgan fingerprint density at radius 1 is 1.43 bits per heavy atom. The fourth-order valence-electron chi connectivity index (χ4n) is 1.79. The average Bonchev–Trinajstić information content (AvgIpc) is 3.25. The molecule has 114 valence electrons. The first-order valence-corrected chi connectivity index (χ1v) is 7.05. The summed E-state index contributed by atoms with van der Waals surface area (Å²) in [4.78, 5) is 23.7. The molecule has 0 heterocycles. The van der Waals surface area contributed by atoms with Gasteiger partial charge in [0.05, 0.1) is 17.9 Å². The first-order valence-electron chi connectivity index (χ1n) is 7.05. The molecule has 6 nitrogen and oxygen atoms in total. The van der Waals surface area contributed by atoms with Crippen LogP contribution >= 0.6 is 0 Å². The normalized spacial score (nSPS) is 15.1. The molecule has 1 amide bonds. The van der Waals surface area contributed by atoms with Gasteiger partial charge in [0.2, 0.25) is 0 Å². The molecule has 1 aliphatic carbocycles. The molecule has 0 aromatic heterocycles. The monoisotopic (exact) mass is 292 g/mol. The zero-order valence-electron chi connectivity index (χ0n) is 12.2. The number of ether oxygens (including phenoxy) is 2. The summed E-state index contributed by atoms with van der Waals surface area (Å²) < 4.78 is 10.4. The van der Waals surface area contributed by atoms with Gasteiger partial charge in [0.1, 0.15) is 5.75 Å². The number of esters is 1. The van der Waals surface area contributed by atoms with E-state index in [1.54, 1.807) is 19.1 Å². The van der Waals surface area contributed by atoms with Crippen molar-refractivity contribution in [3.05, 3.63) is 23.8 Å². The summed E-state index contributed by atoms with van der Waals surface area (Å²) >= 11 is 0. The van der Waals surface area contributed by atoms with Crippen molar-refractivity contribution in [2.24, 2.45) is 0 Å². The Balaban J connectivity index is 1.95. The Hall–Kier alpha value is -2.24. The summed E-state index contributed by atoms with van der Waals surface area (Å²) in [6, 6.07) is 4.90. The predicted octanol–water partition coefficient (Wildman–Crippen LogP) is 1.49. The molecular formula is C15H20N2O4. The second-order valence-corrected chi connectivity index (χ2v) is 5.02. The molecule has 0 bridgehead atoms. The molecule has 1 atom stereocenters. The number of rotatable bonds is 6. The lowest BCUT2D eigenvalue weighted by molar-refractivity contribution is -0.129. The zero-order chi connectivity index (χ0) is 15.4. The van der Waals surface area contributed by atoms with Crippen LogP contribution in [0, 0.1) is 0 Å². The van der Waals surface area contributed by atoms with Gasteiger partial charge in [-0.3, -0.25) is 4.79 Å². The van der Waals surface area contributed by atoms with Crippen LogP contribution in [0.15, 0.2) is 18.2 Å². The second-order valence-electron chi connectivity index (χ2n) is 5.02. The molecule has 3 N–H and O–H groups in total. The Bertz CT molecular complexity index is 540. The number of benzene rings is 1. The van der Waals surface area contributed by atoms with E-state index in [-0.39, 0.29) is 11.9 Å². The number of hydrogen-bond donors (Lipinski definition) is 2. The summed E-state index contributed by atoms with van der Waals surface area (Å²) in [7, 11) is 0. The maximum Gasteiger partial charge on any atom is 0.338 e. The highest BCUT2D eigenvalue weighted by atomic mass is 16.5. The number of nitrogen functional groups attached to an aromatic ring is 1. The van der Waals surface area contributed by atoms with Crippen molar-refractivity contribution in [2.45, 2.75) is 38.8 Å². The first-order chi connectivity index (χ1) is 10.0. The van der Waals surface area contributed by atoms with Crippen LogP contribution in [0.1, 0.15) is 37.0 Å². The van der Waals surface area contributed by atoms with Gasteiger partial charge in [-0.05, 0) is 44.9 Å². The van der Waals surface area contributed by atoms with Crippen LogP contribution in [-0.4, -0.2) is 30.6 Å².